The van der Waals surface area contributed by atoms with Gasteiger partial charge in [0.25, 0.3) is 5.76 Å². The topological polar surface area (TPSA) is 43.0 Å². The Hall–Kier alpha value is -2.12. The summed E-state index contributed by atoms with van der Waals surface area (Å²) < 4.78 is 31.7. The molecule has 4 nitrogen and oxygen atoms in total. The molecular weight excluding hydrogens is 344 g/mol. The molecular formula is C18H19F2N3OS. The molecule has 0 saturated carbocycles. The number of aromatic nitrogens is 2. The van der Waals surface area contributed by atoms with Gasteiger partial charge in [-0.3, -0.25) is 0 Å². The number of para-hydroxylation sites is 1. The van der Waals surface area contributed by atoms with Crippen molar-refractivity contribution in [2.24, 2.45) is 0 Å². The Kier molecular flexibility index (Phi) is 6.25. The highest BCUT2D eigenvalue weighted by Crippen LogP contribution is 2.21. The maximum absolute atomic E-state index is 12.1. The predicted molar refractivity (Wildman–Crippen MR) is 95.0 cm³/mol. The molecule has 0 bridgehead atoms. The lowest BCUT2D eigenvalue weighted by Gasteiger charge is -2.02. The minimum absolute atomic E-state index is 0.191. The summed E-state index contributed by atoms with van der Waals surface area (Å²) in [5.41, 5.74) is 2.18. The van der Waals surface area contributed by atoms with Crippen molar-refractivity contribution in [3.63, 3.8) is 0 Å². The van der Waals surface area contributed by atoms with Crippen molar-refractivity contribution in [3.05, 3.63) is 71.9 Å². The van der Waals surface area contributed by atoms with E-state index in [0.29, 0.717) is 24.1 Å². The molecule has 0 aliphatic heterocycles. The number of halogens is 2. The SMILES string of the molecule is FC(F)SCc1ccc(CNCCc2cnn(-c3ccccc3)c2)o1. The Morgan fingerprint density at radius 2 is 1.92 bits per heavy atom. The highest BCUT2D eigenvalue weighted by molar-refractivity contribution is 7.98. The summed E-state index contributed by atoms with van der Waals surface area (Å²) in [6, 6.07) is 13.5. The van der Waals surface area contributed by atoms with E-state index in [1.165, 1.54) is 0 Å². The second kappa shape index (κ2) is 8.82. The van der Waals surface area contributed by atoms with Crippen molar-refractivity contribution in [3.8, 4) is 5.69 Å². The summed E-state index contributed by atoms with van der Waals surface area (Å²) in [5.74, 6) is -0.851. The molecule has 0 atom stereocenters. The standard InChI is InChI=1S/C18H19F2N3OS/c19-18(20)25-13-17-7-6-16(24-17)11-21-9-8-14-10-22-23(12-14)15-4-2-1-3-5-15/h1-7,10,12,18,21H,8-9,11,13H2. The Balaban J connectivity index is 1.41. The Bertz CT molecular complexity index is 773. The van der Waals surface area contributed by atoms with E-state index in [4.69, 9.17) is 4.42 Å². The monoisotopic (exact) mass is 363 g/mol. The van der Waals surface area contributed by atoms with E-state index in [-0.39, 0.29) is 5.75 Å². The predicted octanol–water partition coefficient (Wildman–Crippen LogP) is 4.25. The van der Waals surface area contributed by atoms with Crippen LogP contribution in [0.1, 0.15) is 17.1 Å². The van der Waals surface area contributed by atoms with Crippen LogP contribution in [0.2, 0.25) is 0 Å². The number of hydrogen-bond acceptors (Lipinski definition) is 4. The number of furan rings is 1. The zero-order valence-corrected chi connectivity index (χ0v) is 14.4. The van der Waals surface area contributed by atoms with Crippen LogP contribution in [0.25, 0.3) is 5.69 Å². The fourth-order valence-electron chi connectivity index (χ4n) is 2.40. The third-order valence-corrected chi connectivity index (χ3v) is 4.32. The summed E-state index contributed by atoms with van der Waals surface area (Å²) in [6.07, 6.45) is 4.73. The molecule has 0 amide bonds. The zero-order chi connectivity index (χ0) is 17.5. The molecule has 1 N–H and O–H groups in total. The number of thioether (sulfide) groups is 1. The summed E-state index contributed by atoms with van der Waals surface area (Å²) >= 11 is 0.567. The molecule has 3 aromatic rings. The van der Waals surface area contributed by atoms with E-state index >= 15 is 0 Å². The van der Waals surface area contributed by atoms with E-state index in [0.717, 1.165) is 30.0 Å². The first-order chi connectivity index (χ1) is 12.2. The van der Waals surface area contributed by atoms with Crippen LogP contribution < -0.4 is 5.32 Å². The molecule has 1 aromatic carbocycles. The number of nitrogens with one attached hydrogen (secondary N) is 1. The molecule has 0 unspecified atom stereocenters. The summed E-state index contributed by atoms with van der Waals surface area (Å²) in [5, 5.41) is 7.66. The van der Waals surface area contributed by atoms with Crippen molar-refractivity contribution in [1.82, 2.24) is 15.1 Å². The van der Waals surface area contributed by atoms with Gasteiger partial charge < -0.3 is 9.73 Å². The lowest BCUT2D eigenvalue weighted by molar-refractivity contribution is 0.251. The van der Waals surface area contributed by atoms with E-state index in [2.05, 4.69) is 10.4 Å². The van der Waals surface area contributed by atoms with Gasteiger partial charge in [-0.25, -0.2) is 4.68 Å². The molecule has 132 valence electrons. The second-order valence-corrected chi connectivity index (χ2v) is 6.47. The van der Waals surface area contributed by atoms with Gasteiger partial charge in [0.1, 0.15) is 11.5 Å². The molecule has 0 aliphatic carbocycles. The minimum Gasteiger partial charge on any atom is -0.464 e. The third kappa shape index (κ3) is 5.44. The summed E-state index contributed by atoms with van der Waals surface area (Å²) in [6.45, 7) is 1.36. The van der Waals surface area contributed by atoms with Gasteiger partial charge >= 0.3 is 0 Å². The molecule has 0 radical (unpaired) electrons. The third-order valence-electron chi connectivity index (χ3n) is 3.62. The zero-order valence-electron chi connectivity index (χ0n) is 13.6. The number of hydrogen-bond donors (Lipinski definition) is 1. The van der Waals surface area contributed by atoms with Crippen LogP contribution in [0.15, 0.2) is 59.3 Å². The maximum atomic E-state index is 12.1. The van der Waals surface area contributed by atoms with Gasteiger partial charge in [0, 0.05) is 6.20 Å². The number of alkyl halides is 2. The molecule has 7 heteroatoms. The fourth-order valence-corrected chi connectivity index (χ4v) is 2.84. The van der Waals surface area contributed by atoms with Gasteiger partial charge in [-0.15, -0.1) is 0 Å². The molecule has 25 heavy (non-hydrogen) atoms. The van der Waals surface area contributed by atoms with Gasteiger partial charge in [-0.1, -0.05) is 30.0 Å². The lowest BCUT2D eigenvalue weighted by Crippen LogP contribution is -2.16. The Morgan fingerprint density at radius 1 is 1.12 bits per heavy atom. The normalized spacial score (nSPS) is 11.3. The first-order valence-electron chi connectivity index (χ1n) is 7.98. The molecule has 3 rings (SSSR count). The quantitative estimate of drug-likeness (QED) is 0.577. The molecule has 2 aromatic heterocycles. The average Bonchev–Trinajstić information content (AvgIpc) is 3.27. The van der Waals surface area contributed by atoms with Crippen LogP contribution in [-0.2, 0) is 18.7 Å². The van der Waals surface area contributed by atoms with Crippen LogP contribution in [0.3, 0.4) is 0 Å². The van der Waals surface area contributed by atoms with Crippen molar-refractivity contribution >= 4 is 11.8 Å². The van der Waals surface area contributed by atoms with Crippen molar-refractivity contribution < 1.29 is 13.2 Å². The van der Waals surface area contributed by atoms with Crippen LogP contribution in [0.4, 0.5) is 8.78 Å². The molecule has 0 spiro atoms. The maximum Gasteiger partial charge on any atom is 0.284 e. The fraction of sp³-hybridized carbons (Fsp3) is 0.278. The number of benzene rings is 1. The number of rotatable bonds is 9. The highest BCUT2D eigenvalue weighted by atomic mass is 32.2. The largest absolute Gasteiger partial charge is 0.464 e. The van der Waals surface area contributed by atoms with Crippen molar-refractivity contribution in [1.29, 1.82) is 0 Å². The van der Waals surface area contributed by atoms with E-state index in [1.807, 2.05) is 53.5 Å². The van der Waals surface area contributed by atoms with Crippen LogP contribution in [-0.4, -0.2) is 22.1 Å². The van der Waals surface area contributed by atoms with Gasteiger partial charge in [-0.2, -0.15) is 13.9 Å². The first-order valence-corrected chi connectivity index (χ1v) is 9.02. The highest BCUT2D eigenvalue weighted by Gasteiger charge is 2.07. The molecule has 0 fully saturated rings. The van der Waals surface area contributed by atoms with Gasteiger partial charge in [-0.05, 0) is 42.8 Å². The number of nitrogens with zero attached hydrogens (tertiary/aromatic N) is 2. The van der Waals surface area contributed by atoms with E-state index in [9.17, 15) is 8.78 Å². The summed E-state index contributed by atoms with van der Waals surface area (Å²) in [4.78, 5) is 0. The van der Waals surface area contributed by atoms with Gasteiger partial charge in [0.2, 0.25) is 0 Å². The summed E-state index contributed by atoms with van der Waals surface area (Å²) in [7, 11) is 0. The Morgan fingerprint density at radius 3 is 2.72 bits per heavy atom. The first kappa shape index (κ1) is 17.7. The van der Waals surface area contributed by atoms with Crippen LogP contribution in [0, 0.1) is 0 Å². The van der Waals surface area contributed by atoms with Gasteiger partial charge in [0.05, 0.1) is 24.2 Å². The average molecular weight is 363 g/mol. The van der Waals surface area contributed by atoms with E-state index < -0.39 is 5.76 Å². The minimum atomic E-state index is -2.37. The van der Waals surface area contributed by atoms with Gasteiger partial charge in [0.15, 0.2) is 0 Å². The molecule has 2 heterocycles. The van der Waals surface area contributed by atoms with Crippen LogP contribution in [0.5, 0.6) is 0 Å². The Labute approximate surface area is 149 Å². The van der Waals surface area contributed by atoms with Crippen LogP contribution >= 0.6 is 11.8 Å². The molecule has 0 saturated heterocycles. The second-order valence-electron chi connectivity index (χ2n) is 5.50. The van der Waals surface area contributed by atoms with Crippen molar-refractivity contribution in [2.75, 3.05) is 6.54 Å². The lowest BCUT2D eigenvalue weighted by atomic mass is 10.2. The molecule has 0 aliphatic rings. The smallest absolute Gasteiger partial charge is 0.284 e. The van der Waals surface area contributed by atoms with Crippen molar-refractivity contribution in [2.45, 2.75) is 24.5 Å². The van der Waals surface area contributed by atoms with E-state index in [1.54, 1.807) is 6.07 Å².